The number of H-pyrrole nitrogens is 1. The molecule has 0 unspecified atom stereocenters. The molecule has 0 aliphatic heterocycles. The minimum absolute atomic E-state index is 1.05. The lowest BCUT2D eigenvalue weighted by Crippen LogP contribution is -2.34. The first-order valence-electron chi connectivity index (χ1n) is 4.58. The van der Waals surface area contributed by atoms with Crippen molar-refractivity contribution < 1.29 is 30.8 Å². The van der Waals surface area contributed by atoms with Crippen LogP contribution in [0.5, 0.6) is 0 Å². The monoisotopic (exact) mass is 275 g/mol. The smallest absolute Gasteiger partial charge is 0.485 e. The fraction of sp³-hybridized carbons (Fsp3) is 0.714. The summed E-state index contributed by atoms with van der Waals surface area (Å²) < 4.78 is 60.9. The lowest BCUT2D eigenvalue weighted by Gasteiger charge is -2.08. The van der Waals surface area contributed by atoms with Crippen molar-refractivity contribution in [1.82, 2.24) is 10.1 Å². The number of halogens is 3. The molecule has 0 spiro atoms. The van der Waals surface area contributed by atoms with Crippen LogP contribution in [0, 0.1) is 0 Å². The van der Waals surface area contributed by atoms with Crippen molar-refractivity contribution in [3.8, 4) is 0 Å². The molecule has 1 aromatic heterocycles. The van der Waals surface area contributed by atoms with Crippen molar-refractivity contribution >= 4 is 10.1 Å². The Hall–Kier alpha value is -1.16. The maximum Gasteiger partial charge on any atom is 0.485 e. The van der Waals surface area contributed by atoms with Gasteiger partial charge in [0.15, 0.2) is 10.1 Å². The Labute approximate surface area is 96.2 Å². The maximum atomic E-state index is 10.7. The van der Waals surface area contributed by atoms with Gasteiger partial charge in [0.25, 0.3) is 0 Å². The fourth-order valence-electron chi connectivity index (χ4n) is 0.705. The van der Waals surface area contributed by atoms with Crippen LogP contribution in [0.2, 0.25) is 0 Å². The molecule has 0 saturated heterocycles. The Kier molecular flexibility index (Phi) is 6.10. The Morgan fingerprint density at radius 1 is 1.47 bits per heavy atom. The second kappa shape index (κ2) is 6.55. The van der Waals surface area contributed by atoms with Gasteiger partial charge in [-0.1, -0.05) is 13.3 Å². The summed E-state index contributed by atoms with van der Waals surface area (Å²) in [6, 6.07) is 0. The van der Waals surface area contributed by atoms with Gasteiger partial charge < -0.3 is 4.55 Å². The molecule has 0 amide bonds. The second-order valence-electron chi connectivity index (χ2n) is 2.97. The Bertz CT molecular complexity index is 402. The minimum atomic E-state index is -6.09. The van der Waals surface area contributed by atoms with Gasteiger partial charge in [-0.15, -0.1) is 0 Å². The zero-order chi connectivity index (χ0) is 13.5. The number of alkyl halides is 3. The van der Waals surface area contributed by atoms with Crippen molar-refractivity contribution in [2.45, 2.75) is 31.8 Å². The van der Waals surface area contributed by atoms with E-state index in [4.69, 9.17) is 13.0 Å². The van der Waals surface area contributed by atoms with Crippen LogP contribution >= 0.6 is 0 Å². The van der Waals surface area contributed by atoms with Crippen LogP contribution in [0.15, 0.2) is 12.7 Å². The largest absolute Gasteiger partial charge is 0.741 e. The molecule has 0 aliphatic carbocycles. The van der Waals surface area contributed by atoms with Crippen LogP contribution in [0.1, 0.15) is 19.8 Å². The lowest BCUT2D eigenvalue weighted by atomic mass is 10.3. The molecule has 0 atom stereocenters. The number of hydrogen-bond acceptors (Lipinski definition) is 4. The molecule has 0 fully saturated rings. The van der Waals surface area contributed by atoms with E-state index in [0.717, 1.165) is 6.54 Å². The van der Waals surface area contributed by atoms with Crippen LogP contribution in [0.4, 0.5) is 13.2 Å². The van der Waals surface area contributed by atoms with Crippen molar-refractivity contribution in [2.24, 2.45) is 0 Å². The average molecular weight is 275 g/mol. The van der Waals surface area contributed by atoms with Gasteiger partial charge in [0.05, 0.1) is 0 Å². The zero-order valence-corrected chi connectivity index (χ0v) is 9.75. The molecule has 0 saturated carbocycles. The molecule has 1 rings (SSSR count). The molecule has 100 valence electrons. The van der Waals surface area contributed by atoms with Gasteiger partial charge in [-0.3, -0.25) is 0 Å². The molecule has 1 heterocycles. The molecule has 0 aromatic carbocycles. The molecular weight excluding hydrogens is 263 g/mol. The van der Waals surface area contributed by atoms with Crippen molar-refractivity contribution in [3.05, 3.63) is 12.7 Å². The second-order valence-corrected chi connectivity index (χ2v) is 4.34. The first-order chi connectivity index (χ1) is 7.68. The summed E-state index contributed by atoms with van der Waals surface area (Å²) in [5.41, 5.74) is -5.65. The van der Waals surface area contributed by atoms with E-state index in [1.165, 1.54) is 12.8 Å². The highest BCUT2D eigenvalue weighted by Gasteiger charge is 2.36. The van der Waals surface area contributed by atoms with E-state index in [2.05, 4.69) is 17.0 Å². The van der Waals surface area contributed by atoms with Gasteiger partial charge in [-0.25, -0.2) is 8.42 Å². The van der Waals surface area contributed by atoms with Crippen LogP contribution < -0.4 is 4.68 Å². The number of nitrogens with zero attached hydrogens (tertiary/aromatic N) is 2. The van der Waals surface area contributed by atoms with Crippen LogP contribution in [-0.2, 0) is 16.7 Å². The van der Waals surface area contributed by atoms with Gasteiger partial charge in [0.2, 0.25) is 6.33 Å². The number of rotatable bonds is 3. The number of aromatic nitrogens is 3. The van der Waals surface area contributed by atoms with E-state index in [-0.39, 0.29) is 0 Å². The summed E-state index contributed by atoms with van der Waals surface area (Å²) in [5, 5.41) is 2.98. The molecule has 1 aromatic rings. The van der Waals surface area contributed by atoms with Gasteiger partial charge in [0.1, 0.15) is 6.54 Å². The van der Waals surface area contributed by atoms with Crippen molar-refractivity contribution in [3.63, 3.8) is 0 Å². The Morgan fingerprint density at radius 2 is 2.00 bits per heavy atom. The normalized spacial score (nSPS) is 11.8. The highest BCUT2D eigenvalue weighted by Crippen LogP contribution is 2.20. The first-order valence-corrected chi connectivity index (χ1v) is 5.99. The van der Waals surface area contributed by atoms with E-state index in [1.54, 1.807) is 12.7 Å². The van der Waals surface area contributed by atoms with Crippen LogP contribution in [-0.4, -0.2) is 28.6 Å². The van der Waals surface area contributed by atoms with Gasteiger partial charge in [-0.05, 0) is 11.4 Å². The minimum Gasteiger partial charge on any atom is -0.741 e. The molecule has 0 bridgehead atoms. The van der Waals surface area contributed by atoms with E-state index < -0.39 is 15.6 Å². The summed E-state index contributed by atoms with van der Waals surface area (Å²) >= 11 is 0. The molecule has 1 N–H and O–H groups in total. The molecule has 6 nitrogen and oxygen atoms in total. The lowest BCUT2D eigenvalue weighted by molar-refractivity contribution is -0.751. The zero-order valence-electron chi connectivity index (χ0n) is 8.94. The maximum absolute atomic E-state index is 10.7. The number of hydrogen-bond donors (Lipinski definition) is 1. The predicted molar refractivity (Wildman–Crippen MR) is 49.4 cm³/mol. The average Bonchev–Trinajstić information content (AvgIpc) is 2.64. The Morgan fingerprint density at radius 3 is 2.29 bits per heavy atom. The number of nitrogens with one attached hydrogen (secondary N) is 1. The van der Waals surface area contributed by atoms with E-state index >= 15 is 0 Å². The van der Waals surface area contributed by atoms with Crippen molar-refractivity contribution in [2.75, 3.05) is 0 Å². The van der Waals surface area contributed by atoms with Crippen LogP contribution in [0.25, 0.3) is 0 Å². The standard InChI is InChI=1S/C6H11N3.CHF3O3S/c1-2-3-4-9-6-7-5-8-9;2-1(3,4)8(5,6)7/h5-6H,2-4H2,1H3;(H,5,6,7). The van der Waals surface area contributed by atoms with E-state index in [1.807, 2.05) is 4.68 Å². The summed E-state index contributed by atoms with van der Waals surface area (Å²) in [7, 11) is -6.09. The predicted octanol–water partition coefficient (Wildman–Crippen LogP) is 0.549. The molecule has 17 heavy (non-hydrogen) atoms. The number of aromatic amines is 1. The van der Waals surface area contributed by atoms with Gasteiger partial charge in [-0.2, -0.15) is 23.0 Å². The van der Waals surface area contributed by atoms with Gasteiger partial charge >= 0.3 is 11.8 Å². The Balaban J connectivity index is 0.000000304. The number of aryl methyl sites for hydroxylation is 1. The van der Waals surface area contributed by atoms with E-state index in [0.29, 0.717) is 0 Å². The fourth-order valence-corrected chi connectivity index (χ4v) is 0.705. The molecule has 10 heteroatoms. The quantitative estimate of drug-likeness (QED) is 0.495. The third-order valence-corrected chi connectivity index (χ3v) is 2.11. The van der Waals surface area contributed by atoms with Gasteiger partial charge in [0, 0.05) is 0 Å². The molecule has 0 aliphatic rings. The third kappa shape index (κ3) is 6.89. The highest BCUT2D eigenvalue weighted by atomic mass is 32.2. The molecular formula is C7H12F3N3O3S. The number of unbranched alkanes of at least 4 members (excludes halogenated alkanes) is 1. The van der Waals surface area contributed by atoms with Crippen LogP contribution in [0.3, 0.4) is 0 Å². The SMILES string of the molecule is CCCC[n+]1cnc[nH]1.O=S(=O)([O-])C(F)(F)F. The highest BCUT2D eigenvalue weighted by molar-refractivity contribution is 7.86. The summed E-state index contributed by atoms with van der Waals surface area (Å²) in [6.45, 7) is 3.23. The summed E-state index contributed by atoms with van der Waals surface area (Å²) in [6.07, 6.45) is 5.93. The topological polar surface area (TPSA) is 89.8 Å². The summed E-state index contributed by atoms with van der Waals surface area (Å²) in [5.74, 6) is 0. The first kappa shape index (κ1) is 15.8. The van der Waals surface area contributed by atoms with Crippen molar-refractivity contribution in [1.29, 1.82) is 0 Å². The molecule has 0 radical (unpaired) electrons. The van der Waals surface area contributed by atoms with E-state index in [9.17, 15) is 13.2 Å². The summed E-state index contributed by atoms with van der Waals surface area (Å²) in [4.78, 5) is 3.88. The third-order valence-electron chi connectivity index (χ3n) is 1.54.